The standard InChI is InChI=1S/C20H26N2O3/c1-15(25-19-7-2-3-12-24-19)5-4-6-16-13-21-20(22-14-16)17-8-10-18(23)11-9-17/h8-11,13-15,19,23H,2-7,12H2,1H3. The Bertz CT molecular complexity index is 637. The minimum Gasteiger partial charge on any atom is -0.508 e. The van der Waals surface area contributed by atoms with Crippen LogP contribution in [0.3, 0.4) is 0 Å². The van der Waals surface area contributed by atoms with E-state index in [1.54, 1.807) is 12.1 Å². The summed E-state index contributed by atoms with van der Waals surface area (Å²) < 4.78 is 11.6. The van der Waals surface area contributed by atoms with E-state index < -0.39 is 0 Å². The Morgan fingerprint density at radius 2 is 1.96 bits per heavy atom. The highest BCUT2D eigenvalue weighted by Crippen LogP contribution is 2.19. The van der Waals surface area contributed by atoms with Crippen molar-refractivity contribution in [3.8, 4) is 17.1 Å². The monoisotopic (exact) mass is 342 g/mol. The smallest absolute Gasteiger partial charge is 0.159 e. The molecule has 1 aliphatic heterocycles. The summed E-state index contributed by atoms with van der Waals surface area (Å²) in [5.41, 5.74) is 2.03. The van der Waals surface area contributed by atoms with Crippen LogP contribution in [0.4, 0.5) is 0 Å². The summed E-state index contributed by atoms with van der Waals surface area (Å²) in [6, 6.07) is 6.92. The van der Waals surface area contributed by atoms with E-state index >= 15 is 0 Å². The van der Waals surface area contributed by atoms with Gasteiger partial charge in [-0.1, -0.05) is 0 Å². The molecule has 5 nitrogen and oxygen atoms in total. The van der Waals surface area contributed by atoms with Crippen LogP contribution < -0.4 is 0 Å². The van der Waals surface area contributed by atoms with Gasteiger partial charge >= 0.3 is 0 Å². The van der Waals surface area contributed by atoms with E-state index in [1.807, 2.05) is 24.5 Å². The van der Waals surface area contributed by atoms with E-state index in [9.17, 15) is 5.11 Å². The zero-order valence-corrected chi connectivity index (χ0v) is 14.7. The average Bonchev–Trinajstić information content (AvgIpc) is 2.64. The van der Waals surface area contributed by atoms with Gasteiger partial charge in [-0.3, -0.25) is 0 Å². The fourth-order valence-electron chi connectivity index (χ4n) is 2.98. The first kappa shape index (κ1) is 17.8. The number of aromatic nitrogens is 2. The van der Waals surface area contributed by atoms with Crippen molar-refractivity contribution in [2.75, 3.05) is 6.61 Å². The molecule has 134 valence electrons. The Hall–Kier alpha value is -1.98. The number of hydrogen-bond acceptors (Lipinski definition) is 5. The third-order valence-corrected chi connectivity index (χ3v) is 4.43. The number of benzene rings is 1. The first-order valence-electron chi connectivity index (χ1n) is 9.08. The molecule has 5 heteroatoms. The Kier molecular flexibility index (Phi) is 6.36. The van der Waals surface area contributed by atoms with Crippen molar-refractivity contribution >= 4 is 0 Å². The fraction of sp³-hybridized carbons (Fsp3) is 0.500. The molecule has 2 heterocycles. The quantitative estimate of drug-likeness (QED) is 0.820. The van der Waals surface area contributed by atoms with Crippen LogP contribution in [0.15, 0.2) is 36.7 Å². The number of phenolic OH excluding ortho intramolecular Hbond substituents is 1. The van der Waals surface area contributed by atoms with Gasteiger partial charge in [0.25, 0.3) is 0 Å². The first-order chi connectivity index (χ1) is 12.2. The summed E-state index contributed by atoms with van der Waals surface area (Å²) in [5, 5.41) is 9.33. The van der Waals surface area contributed by atoms with Crippen LogP contribution in [0.1, 0.15) is 44.6 Å². The number of ether oxygens (including phenoxy) is 2. The Labute approximate surface area is 149 Å². The zero-order valence-electron chi connectivity index (χ0n) is 14.7. The van der Waals surface area contributed by atoms with Gasteiger partial charge in [-0.15, -0.1) is 0 Å². The van der Waals surface area contributed by atoms with Gasteiger partial charge in [0.2, 0.25) is 0 Å². The molecule has 1 saturated heterocycles. The molecule has 0 saturated carbocycles. The molecular weight excluding hydrogens is 316 g/mol. The van der Waals surface area contributed by atoms with E-state index in [4.69, 9.17) is 9.47 Å². The highest BCUT2D eigenvalue weighted by Gasteiger charge is 2.16. The molecule has 1 aromatic heterocycles. The molecule has 0 spiro atoms. The van der Waals surface area contributed by atoms with Crippen LogP contribution in [-0.4, -0.2) is 34.1 Å². The number of phenols is 1. The second-order valence-corrected chi connectivity index (χ2v) is 6.60. The van der Waals surface area contributed by atoms with Gasteiger partial charge in [0, 0.05) is 24.6 Å². The van der Waals surface area contributed by atoms with E-state index in [0.717, 1.165) is 49.8 Å². The predicted molar refractivity (Wildman–Crippen MR) is 96.2 cm³/mol. The lowest BCUT2D eigenvalue weighted by Gasteiger charge is -2.26. The van der Waals surface area contributed by atoms with Gasteiger partial charge in [0.05, 0.1) is 6.10 Å². The molecule has 2 aromatic rings. The molecule has 1 N–H and O–H groups in total. The maximum atomic E-state index is 9.33. The van der Waals surface area contributed by atoms with Gasteiger partial charge in [-0.05, 0) is 75.3 Å². The molecule has 25 heavy (non-hydrogen) atoms. The van der Waals surface area contributed by atoms with E-state index in [-0.39, 0.29) is 18.1 Å². The normalized spacial score (nSPS) is 18.8. The summed E-state index contributed by atoms with van der Waals surface area (Å²) in [6.45, 7) is 2.94. The van der Waals surface area contributed by atoms with Crippen molar-refractivity contribution in [2.45, 2.75) is 57.8 Å². The number of nitrogens with zero attached hydrogens (tertiary/aromatic N) is 2. The lowest BCUT2D eigenvalue weighted by atomic mass is 10.1. The van der Waals surface area contributed by atoms with Gasteiger partial charge in [-0.25, -0.2) is 9.97 Å². The van der Waals surface area contributed by atoms with Gasteiger partial charge in [0.15, 0.2) is 12.1 Å². The molecule has 0 aliphatic carbocycles. The third-order valence-electron chi connectivity index (χ3n) is 4.43. The molecule has 1 fully saturated rings. The van der Waals surface area contributed by atoms with Crippen LogP contribution >= 0.6 is 0 Å². The maximum Gasteiger partial charge on any atom is 0.159 e. The van der Waals surface area contributed by atoms with Gasteiger partial charge in [-0.2, -0.15) is 0 Å². The van der Waals surface area contributed by atoms with Crippen LogP contribution in [0, 0.1) is 0 Å². The fourth-order valence-corrected chi connectivity index (χ4v) is 2.98. The van der Waals surface area contributed by atoms with E-state index in [0.29, 0.717) is 5.82 Å². The van der Waals surface area contributed by atoms with Gasteiger partial charge in [0.1, 0.15) is 5.75 Å². The highest BCUT2D eigenvalue weighted by molar-refractivity contribution is 5.55. The zero-order chi connectivity index (χ0) is 17.5. The van der Waals surface area contributed by atoms with Crippen LogP contribution in [0.2, 0.25) is 0 Å². The largest absolute Gasteiger partial charge is 0.508 e. The molecule has 2 unspecified atom stereocenters. The molecule has 0 radical (unpaired) electrons. The predicted octanol–water partition coefficient (Wildman–Crippen LogP) is 4.10. The highest BCUT2D eigenvalue weighted by atomic mass is 16.7. The van der Waals surface area contributed by atoms with Crippen LogP contribution in [0.5, 0.6) is 5.75 Å². The van der Waals surface area contributed by atoms with Crippen molar-refractivity contribution in [3.63, 3.8) is 0 Å². The molecule has 0 bridgehead atoms. The maximum absolute atomic E-state index is 9.33. The SMILES string of the molecule is CC(CCCc1cnc(-c2ccc(O)cc2)nc1)OC1CCCCO1. The molecule has 1 aromatic carbocycles. The number of rotatable bonds is 7. The molecular formula is C20H26N2O3. The second kappa shape index (κ2) is 8.92. The van der Waals surface area contributed by atoms with Crippen molar-refractivity contribution in [1.29, 1.82) is 0 Å². The van der Waals surface area contributed by atoms with E-state index in [2.05, 4.69) is 16.9 Å². The number of hydrogen-bond donors (Lipinski definition) is 1. The minimum absolute atomic E-state index is 0.0170. The Balaban J connectivity index is 1.43. The molecule has 2 atom stereocenters. The Morgan fingerprint density at radius 1 is 1.20 bits per heavy atom. The summed E-state index contributed by atoms with van der Waals surface area (Å²) in [5.74, 6) is 0.922. The lowest BCUT2D eigenvalue weighted by molar-refractivity contribution is -0.185. The van der Waals surface area contributed by atoms with E-state index in [1.165, 1.54) is 6.42 Å². The molecule has 3 rings (SSSR count). The Morgan fingerprint density at radius 3 is 2.64 bits per heavy atom. The summed E-state index contributed by atoms with van der Waals surface area (Å²) in [7, 11) is 0. The van der Waals surface area contributed by atoms with Crippen molar-refractivity contribution in [1.82, 2.24) is 9.97 Å². The summed E-state index contributed by atoms with van der Waals surface area (Å²) >= 11 is 0. The van der Waals surface area contributed by atoms with Gasteiger partial charge < -0.3 is 14.6 Å². The second-order valence-electron chi connectivity index (χ2n) is 6.60. The van der Waals surface area contributed by atoms with Crippen molar-refractivity contribution in [3.05, 3.63) is 42.2 Å². The molecule has 0 amide bonds. The average molecular weight is 342 g/mol. The van der Waals surface area contributed by atoms with Crippen LogP contribution in [-0.2, 0) is 15.9 Å². The van der Waals surface area contributed by atoms with Crippen molar-refractivity contribution < 1.29 is 14.6 Å². The summed E-state index contributed by atoms with van der Waals surface area (Å²) in [4.78, 5) is 8.85. The van der Waals surface area contributed by atoms with Crippen LogP contribution in [0.25, 0.3) is 11.4 Å². The lowest BCUT2D eigenvalue weighted by Crippen LogP contribution is -2.26. The number of aromatic hydroxyl groups is 1. The topological polar surface area (TPSA) is 64.5 Å². The third kappa shape index (κ3) is 5.51. The number of aryl methyl sites for hydroxylation is 1. The van der Waals surface area contributed by atoms with Crippen molar-refractivity contribution in [2.24, 2.45) is 0 Å². The first-order valence-corrected chi connectivity index (χ1v) is 9.08. The molecule has 1 aliphatic rings. The summed E-state index contributed by atoms with van der Waals surface area (Å²) in [6.07, 6.45) is 10.3. The minimum atomic E-state index is -0.0170.